The molecule has 1 N–H and O–H groups in total. The summed E-state index contributed by atoms with van der Waals surface area (Å²) < 4.78 is 12.4. The van der Waals surface area contributed by atoms with Gasteiger partial charge >= 0.3 is 0 Å². The lowest BCUT2D eigenvalue weighted by Crippen LogP contribution is -2.29. The SMILES string of the molecule is CNC1CCCC1CCS(=O)c1ccc(C(C)(C)C)cc1. The number of nitrogens with one attached hydrogen (secondary N) is 1. The molecule has 3 unspecified atom stereocenters. The van der Waals surface area contributed by atoms with Gasteiger partial charge in [0, 0.05) is 16.7 Å². The number of hydrogen-bond acceptors (Lipinski definition) is 2. The fraction of sp³-hybridized carbons (Fsp3) is 0.667. The molecule has 118 valence electrons. The van der Waals surface area contributed by atoms with Gasteiger partial charge in [0.25, 0.3) is 0 Å². The lowest BCUT2D eigenvalue weighted by atomic mass is 9.87. The van der Waals surface area contributed by atoms with Crippen LogP contribution in [0.1, 0.15) is 52.0 Å². The van der Waals surface area contributed by atoms with Crippen molar-refractivity contribution in [3.05, 3.63) is 29.8 Å². The first kappa shape index (κ1) is 16.7. The number of hydrogen-bond donors (Lipinski definition) is 1. The van der Waals surface area contributed by atoms with E-state index >= 15 is 0 Å². The summed E-state index contributed by atoms with van der Waals surface area (Å²) in [5, 5.41) is 3.40. The van der Waals surface area contributed by atoms with E-state index in [4.69, 9.17) is 0 Å². The second kappa shape index (κ2) is 7.06. The van der Waals surface area contributed by atoms with Crippen molar-refractivity contribution in [1.82, 2.24) is 5.32 Å². The average Bonchev–Trinajstić information content (AvgIpc) is 2.91. The summed E-state index contributed by atoms with van der Waals surface area (Å²) >= 11 is 0. The maximum Gasteiger partial charge on any atom is 0.0529 e. The van der Waals surface area contributed by atoms with Crippen molar-refractivity contribution in [1.29, 1.82) is 0 Å². The summed E-state index contributed by atoms with van der Waals surface area (Å²) in [6.45, 7) is 6.62. The summed E-state index contributed by atoms with van der Waals surface area (Å²) in [4.78, 5) is 0.974. The van der Waals surface area contributed by atoms with Gasteiger partial charge in [-0.25, -0.2) is 0 Å². The minimum atomic E-state index is -0.859. The molecule has 0 saturated heterocycles. The van der Waals surface area contributed by atoms with E-state index in [1.54, 1.807) is 0 Å². The van der Waals surface area contributed by atoms with E-state index in [9.17, 15) is 4.21 Å². The molecule has 1 aromatic rings. The molecule has 0 aromatic heterocycles. The molecule has 1 aromatic carbocycles. The molecule has 0 spiro atoms. The van der Waals surface area contributed by atoms with Crippen LogP contribution in [-0.2, 0) is 16.2 Å². The van der Waals surface area contributed by atoms with Crippen LogP contribution >= 0.6 is 0 Å². The van der Waals surface area contributed by atoms with E-state index in [1.807, 2.05) is 19.2 Å². The third-order valence-electron chi connectivity index (χ3n) is 4.69. The Bertz CT molecular complexity index is 475. The number of rotatable bonds is 5. The Morgan fingerprint density at radius 2 is 1.86 bits per heavy atom. The summed E-state index contributed by atoms with van der Waals surface area (Å²) in [6.07, 6.45) is 4.93. The van der Waals surface area contributed by atoms with Crippen molar-refractivity contribution in [3.8, 4) is 0 Å². The predicted octanol–water partition coefficient (Wildman–Crippen LogP) is 3.87. The largest absolute Gasteiger partial charge is 0.317 e. The Hall–Kier alpha value is -0.670. The molecule has 1 saturated carbocycles. The van der Waals surface area contributed by atoms with Crippen LogP contribution in [0.3, 0.4) is 0 Å². The van der Waals surface area contributed by atoms with Gasteiger partial charge in [-0.2, -0.15) is 0 Å². The minimum absolute atomic E-state index is 0.157. The van der Waals surface area contributed by atoms with Crippen LogP contribution < -0.4 is 5.32 Å². The average molecular weight is 308 g/mol. The van der Waals surface area contributed by atoms with Crippen molar-refractivity contribution in [2.75, 3.05) is 12.8 Å². The van der Waals surface area contributed by atoms with Gasteiger partial charge in [0.05, 0.1) is 10.8 Å². The van der Waals surface area contributed by atoms with Crippen LogP contribution in [0.25, 0.3) is 0 Å². The maximum absolute atomic E-state index is 12.4. The molecule has 2 nitrogen and oxygen atoms in total. The Labute approximate surface area is 132 Å². The molecule has 0 radical (unpaired) electrons. The zero-order valence-corrected chi connectivity index (χ0v) is 14.6. The third kappa shape index (κ3) is 4.40. The molecule has 0 heterocycles. The fourth-order valence-corrected chi connectivity index (χ4v) is 4.44. The molecular weight excluding hydrogens is 278 g/mol. The van der Waals surface area contributed by atoms with Gasteiger partial charge in [-0.3, -0.25) is 4.21 Å². The van der Waals surface area contributed by atoms with E-state index in [1.165, 1.54) is 24.8 Å². The van der Waals surface area contributed by atoms with Crippen molar-refractivity contribution < 1.29 is 4.21 Å². The zero-order chi connectivity index (χ0) is 15.5. The Balaban J connectivity index is 1.91. The summed E-state index contributed by atoms with van der Waals surface area (Å²) in [5.74, 6) is 1.49. The summed E-state index contributed by atoms with van der Waals surface area (Å²) in [7, 11) is 1.19. The molecule has 3 heteroatoms. The highest BCUT2D eigenvalue weighted by Gasteiger charge is 2.26. The van der Waals surface area contributed by atoms with Gasteiger partial charge in [-0.05, 0) is 55.3 Å². The van der Waals surface area contributed by atoms with Crippen molar-refractivity contribution in [3.63, 3.8) is 0 Å². The highest BCUT2D eigenvalue weighted by molar-refractivity contribution is 7.85. The quantitative estimate of drug-likeness (QED) is 0.894. The van der Waals surface area contributed by atoms with E-state index < -0.39 is 10.8 Å². The number of benzene rings is 1. The van der Waals surface area contributed by atoms with Crippen LogP contribution in [0.5, 0.6) is 0 Å². The first-order chi connectivity index (χ1) is 9.91. The van der Waals surface area contributed by atoms with Gasteiger partial charge in [0.1, 0.15) is 0 Å². The third-order valence-corrected chi connectivity index (χ3v) is 6.09. The van der Waals surface area contributed by atoms with Crippen LogP contribution in [-0.4, -0.2) is 23.1 Å². The topological polar surface area (TPSA) is 29.1 Å². The van der Waals surface area contributed by atoms with Crippen molar-refractivity contribution >= 4 is 10.8 Å². The van der Waals surface area contributed by atoms with Crippen molar-refractivity contribution in [2.24, 2.45) is 5.92 Å². The maximum atomic E-state index is 12.4. The van der Waals surface area contributed by atoms with E-state index in [2.05, 4.69) is 38.2 Å². The molecule has 0 amide bonds. The van der Waals surface area contributed by atoms with Crippen LogP contribution in [0, 0.1) is 5.92 Å². The van der Waals surface area contributed by atoms with Gasteiger partial charge in [-0.1, -0.05) is 39.3 Å². The highest BCUT2D eigenvalue weighted by atomic mass is 32.2. The van der Waals surface area contributed by atoms with Gasteiger partial charge in [0.15, 0.2) is 0 Å². The van der Waals surface area contributed by atoms with Crippen molar-refractivity contribution in [2.45, 2.75) is 62.8 Å². The second-order valence-corrected chi connectivity index (χ2v) is 8.77. The molecule has 1 aliphatic carbocycles. The van der Waals surface area contributed by atoms with Gasteiger partial charge in [-0.15, -0.1) is 0 Å². The predicted molar refractivity (Wildman–Crippen MR) is 91.2 cm³/mol. The highest BCUT2D eigenvalue weighted by Crippen LogP contribution is 2.29. The molecule has 1 aliphatic rings. The molecular formula is C18H29NOS. The van der Waals surface area contributed by atoms with E-state index in [0.29, 0.717) is 12.0 Å². The fourth-order valence-electron chi connectivity index (χ4n) is 3.25. The first-order valence-electron chi connectivity index (χ1n) is 8.08. The summed E-state index contributed by atoms with van der Waals surface area (Å²) in [5.41, 5.74) is 1.46. The van der Waals surface area contributed by atoms with Crippen LogP contribution in [0.15, 0.2) is 29.2 Å². The second-order valence-electron chi connectivity index (χ2n) is 7.20. The molecule has 1 fully saturated rings. The molecule has 0 bridgehead atoms. The lowest BCUT2D eigenvalue weighted by molar-refractivity contribution is 0.416. The van der Waals surface area contributed by atoms with Gasteiger partial charge < -0.3 is 5.32 Å². The lowest BCUT2D eigenvalue weighted by Gasteiger charge is -2.20. The first-order valence-corrected chi connectivity index (χ1v) is 9.40. The Morgan fingerprint density at radius 1 is 1.19 bits per heavy atom. The standard InChI is InChI=1S/C18H29NOS/c1-18(2,3)15-8-10-16(11-9-15)21(20)13-12-14-6-5-7-17(14)19-4/h8-11,14,17,19H,5-7,12-13H2,1-4H3. The molecule has 21 heavy (non-hydrogen) atoms. The Kier molecular flexibility index (Phi) is 5.61. The Morgan fingerprint density at radius 3 is 2.43 bits per heavy atom. The van der Waals surface area contributed by atoms with Crippen LogP contribution in [0.2, 0.25) is 0 Å². The minimum Gasteiger partial charge on any atom is -0.317 e. The zero-order valence-electron chi connectivity index (χ0n) is 13.8. The van der Waals surface area contributed by atoms with Gasteiger partial charge in [0.2, 0.25) is 0 Å². The summed E-state index contributed by atoms with van der Waals surface area (Å²) in [6, 6.07) is 8.96. The van der Waals surface area contributed by atoms with E-state index in [-0.39, 0.29) is 5.41 Å². The smallest absolute Gasteiger partial charge is 0.0529 e. The van der Waals surface area contributed by atoms with E-state index in [0.717, 1.165) is 17.1 Å². The molecule has 2 rings (SSSR count). The normalized spacial score (nSPS) is 24.2. The molecule has 3 atom stereocenters. The van der Waals surface area contributed by atoms with Crippen LogP contribution in [0.4, 0.5) is 0 Å². The monoisotopic (exact) mass is 307 g/mol. The molecule has 0 aliphatic heterocycles.